The first-order valence-corrected chi connectivity index (χ1v) is 6.89. The Labute approximate surface area is 135 Å². The molecule has 7 heteroatoms. The van der Waals surface area contributed by atoms with Gasteiger partial charge in [-0.3, -0.25) is 0 Å². The van der Waals surface area contributed by atoms with E-state index >= 15 is 0 Å². The molecule has 0 saturated carbocycles. The highest BCUT2D eigenvalue weighted by Crippen LogP contribution is 2.00. The van der Waals surface area contributed by atoms with Crippen LogP contribution >= 0.6 is 0 Å². The first-order chi connectivity index (χ1) is 11.1. The Balaban J connectivity index is 4.64. The van der Waals surface area contributed by atoms with Crippen molar-refractivity contribution in [3.8, 4) is 0 Å². The lowest BCUT2D eigenvalue weighted by Gasteiger charge is -2.17. The quantitative estimate of drug-likeness (QED) is 0.213. The fourth-order valence-corrected chi connectivity index (χ4v) is 1.21. The number of amides is 2. The van der Waals surface area contributed by atoms with Crippen molar-refractivity contribution >= 4 is 18.2 Å². The van der Waals surface area contributed by atoms with Crippen LogP contribution in [-0.4, -0.2) is 49.4 Å². The molecule has 0 saturated heterocycles. The average Bonchev–Trinajstić information content (AvgIpc) is 2.53. The third-order valence-electron chi connectivity index (χ3n) is 2.14. The largest absolute Gasteiger partial charge is 0.463 e. The summed E-state index contributed by atoms with van der Waals surface area (Å²) in [4.78, 5) is 35.4. The highest BCUT2D eigenvalue weighted by molar-refractivity contribution is 5.88. The van der Waals surface area contributed by atoms with E-state index in [4.69, 9.17) is 14.2 Å². The maximum atomic E-state index is 11.8. The lowest BCUT2D eigenvalue weighted by atomic mass is 10.4. The van der Waals surface area contributed by atoms with Crippen LogP contribution in [0.3, 0.4) is 0 Å². The Hall–Kier alpha value is -2.83. The van der Waals surface area contributed by atoms with Gasteiger partial charge < -0.3 is 14.2 Å². The number of ether oxygens (including phenoxy) is 3. The molecule has 0 radical (unpaired) electrons. The van der Waals surface area contributed by atoms with E-state index in [1.807, 2.05) is 0 Å². The molecule has 0 aliphatic carbocycles. The highest BCUT2D eigenvalue weighted by atomic mass is 16.6. The molecular formula is C16H21NO6. The number of esters is 1. The van der Waals surface area contributed by atoms with E-state index in [9.17, 15) is 14.4 Å². The lowest BCUT2D eigenvalue weighted by Crippen LogP contribution is -2.38. The molecule has 126 valence electrons. The van der Waals surface area contributed by atoms with Crippen LogP contribution in [0.4, 0.5) is 9.59 Å². The molecule has 7 nitrogen and oxygen atoms in total. The van der Waals surface area contributed by atoms with Crippen molar-refractivity contribution in [2.75, 3.05) is 26.4 Å². The van der Waals surface area contributed by atoms with Crippen LogP contribution in [-0.2, 0) is 19.0 Å². The van der Waals surface area contributed by atoms with Gasteiger partial charge in [-0.2, -0.15) is 0 Å². The zero-order valence-electron chi connectivity index (χ0n) is 13.1. The van der Waals surface area contributed by atoms with Gasteiger partial charge in [0.1, 0.15) is 13.2 Å². The SMILES string of the molecule is C=CCOC(=O)N(C/C=C/C=C/C(=O)OCC)C(=O)OCC=C. The molecule has 0 aliphatic rings. The van der Waals surface area contributed by atoms with Crippen molar-refractivity contribution in [2.45, 2.75) is 6.92 Å². The van der Waals surface area contributed by atoms with Crippen LogP contribution in [0, 0.1) is 0 Å². The van der Waals surface area contributed by atoms with E-state index in [1.54, 1.807) is 6.92 Å². The fourth-order valence-electron chi connectivity index (χ4n) is 1.21. The van der Waals surface area contributed by atoms with E-state index in [-0.39, 0.29) is 26.4 Å². The summed E-state index contributed by atoms with van der Waals surface area (Å²) in [6.07, 6.45) is 6.66. The Kier molecular flexibility index (Phi) is 11.3. The van der Waals surface area contributed by atoms with Crippen LogP contribution in [0.1, 0.15) is 6.92 Å². The maximum Gasteiger partial charge on any atom is 0.419 e. The third kappa shape index (κ3) is 9.67. The minimum absolute atomic E-state index is 0.0312. The van der Waals surface area contributed by atoms with Gasteiger partial charge in [-0.1, -0.05) is 43.5 Å². The summed E-state index contributed by atoms with van der Waals surface area (Å²) in [5, 5.41) is 0. The molecule has 0 aliphatic heterocycles. The van der Waals surface area contributed by atoms with Crippen molar-refractivity contribution in [3.63, 3.8) is 0 Å². The fraction of sp³-hybridized carbons (Fsp3) is 0.312. The van der Waals surface area contributed by atoms with Crippen LogP contribution in [0.25, 0.3) is 0 Å². The number of hydrogen-bond acceptors (Lipinski definition) is 6. The number of imide groups is 1. The van der Waals surface area contributed by atoms with Crippen molar-refractivity contribution in [1.82, 2.24) is 4.90 Å². The monoisotopic (exact) mass is 323 g/mol. The number of carbonyl (C=O) groups excluding carboxylic acids is 3. The highest BCUT2D eigenvalue weighted by Gasteiger charge is 2.22. The molecule has 0 aromatic carbocycles. The second-order valence-corrected chi connectivity index (χ2v) is 3.88. The van der Waals surface area contributed by atoms with Gasteiger partial charge in [0, 0.05) is 6.08 Å². The molecule has 23 heavy (non-hydrogen) atoms. The summed E-state index contributed by atoms with van der Waals surface area (Å²) in [6, 6.07) is 0. The zero-order chi connectivity index (χ0) is 17.5. The molecular weight excluding hydrogens is 302 g/mol. The standard InChI is InChI=1S/C16H21NO6/c1-4-12-22-15(19)17(16(20)23-13-5-2)11-9-7-8-10-14(18)21-6-3/h4-5,7-10H,1-2,6,11-13H2,3H3/b9-7+,10-8+. The lowest BCUT2D eigenvalue weighted by molar-refractivity contribution is -0.137. The van der Waals surface area contributed by atoms with Crippen LogP contribution in [0.15, 0.2) is 49.6 Å². The van der Waals surface area contributed by atoms with Crippen molar-refractivity contribution < 1.29 is 28.6 Å². The molecule has 0 atom stereocenters. The first-order valence-electron chi connectivity index (χ1n) is 6.89. The minimum atomic E-state index is -0.863. The molecule has 0 rings (SSSR count). The predicted molar refractivity (Wildman–Crippen MR) is 84.7 cm³/mol. The Morgan fingerprint density at radius 1 is 0.957 bits per heavy atom. The summed E-state index contributed by atoms with van der Waals surface area (Å²) < 4.78 is 14.3. The van der Waals surface area contributed by atoms with Gasteiger partial charge in [-0.05, 0) is 6.92 Å². The predicted octanol–water partition coefficient (Wildman–Crippen LogP) is 2.61. The summed E-state index contributed by atoms with van der Waals surface area (Å²) >= 11 is 0. The summed E-state index contributed by atoms with van der Waals surface area (Å²) in [7, 11) is 0. The van der Waals surface area contributed by atoms with Gasteiger partial charge >= 0.3 is 18.2 Å². The van der Waals surface area contributed by atoms with Crippen LogP contribution in [0.5, 0.6) is 0 Å². The smallest absolute Gasteiger partial charge is 0.419 e. The Morgan fingerprint density at radius 2 is 1.52 bits per heavy atom. The Morgan fingerprint density at radius 3 is 2.00 bits per heavy atom. The van der Waals surface area contributed by atoms with Gasteiger partial charge in [0.2, 0.25) is 0 Å². The Bertz CT molecular complexity index is 457. The molecule has 0 bridgehead atoms. The number of allylic oxidation sites excluding steroid dienone is 2. The molecule has 0 heterocycles. The minimum Gasteiger partial charge on any atom is -0.463 e. The average molecular weight is 323 g/mol. The maximum absolute atomic E-state index is 11.8. The summed E-state index contributed by atoms with van der Waals surface area (Å²) in [6.45, 7) is 8.66. The van der Waals surface area contributed by atoms with Gasteiger partial charge in [-0.25, -0.2) is 19.3 Å². The van der Waals surface area contributed by atoms with E-state index < -0.39 is 18.2 Å². The second kappa shape index (κ2) is 12.9. The van der Waals surface area contributed by atoms with Crippen molar-refractivity contribution in [1.29, 1.82) is 0 Å². The molecule has 0 unspecified atom stereocenters. The molecule has 2 amide bonds. The summed E-state index contributed by atoms with van der Waals surface area (Å²) in [5.41, 5.74) is 0. The van der Waals surface area contributed by atoms with Gasteiger partial charge in [-0.15, -0.1) is 0 Å². The number of carbonyl (C=O) groups is 3. The van der Waals surface area contributed by atoms with E-state index in [0.717, 1.165) is 4.90 Å². The third-order valence-corrected chi connectivity index (χ3v) is 2.14. The van der Waals surface area contributed by atoms with Gasteiger partial charge in [0.25, 0.3) is 0 Å². The topological polar surface area (TPSA) is 82.1 Å². The zero-order valence-corrected chi connectivity index (χ0v) is 13.1. The number of hydrogen-bond donors (Lipinski definition) is 0. The summed E-state index contributed by atoms with van der Waals surface area (Å²) in [5.74, 6) is -0.482. The van der Waals surface area contributed by atoms with Crippen LogP contribution < -0.4 is 0 Å². The van der Waals surface area contributed by atoms with E-state index in [1.165, 1.54) is 36.5 Å². The second-order valence-electron chi connectivity index (χ2n) is 3.88. The first kappa shape index (κ1) is 20.2. The van der Waals surface area contributed by atoms with E-state index in [2.05, 4.69) is 13.2 Å². The van der Waals surface area contributed by atoms with Crippen LogP contribution in [0.2, 0.25) is 0 Å². The van der Waals surface area contributed by atoms with Gasteiger partial charge in [0.05, 0.1) is 13.2 Å². The molecule has 0 N–H and O–H groups in total. The van der Waals surface area contributed by atoms with Crippen molar-refractivity contribution in [2.24, 2.45) is 0 Å². The molecule has 0 aromatic heterocycles. The normalized spacial score (nSPS) is 10.3. The molecule has 0 spiro atoms. The van der Waals surface area contributed by atoms with E-state index in [0.29, 0.717) is 0 Å². The van der Waals surface area contributed by atoms with Crippen molar-refractivity contribution in [3.05, 3.63) is 49.6 Å². The number of rotatable bonds is 9. The van der Waals surface area contributed by atoms with Gasteiger partial charge in [0.15, 0.2) is 0 Å². The molecule has 0 aromatic rings. The molecule has 0 fully saturated rings. The number of nitrogens with zero attached hydrogens (tertiary/aromatic N) is 1.